The van der Waals surface area contributed by atoms with Gasteiger partial charge in [0.2, 0.25) is 5.76 Å². The van der Waals surface area contributed by atoms with Gasteiger partial charge >= 0.3 is 12.1 Å². The third-order valence-electron chi connectivity index (χ3n) is 3.34. The van der Waals surface area contributed by atoms with Crippen LogP contribution in [-0.2, 0) is 16.1 Å². The summed E-state index contributed by atoms with van der Waals surface area (Å²) in [7, 11) is 1.20. The number of ether oxygens (including phenoxy) is 2. The van der Waals surface area contributed by atoms with Crippen molar-refractivity contribution in [1.29, 1.82) is 0 Å². The highest BCUT2D eigenvalue weighted by Gasteiger charge is 2.24. The predicted octanol–water partition coefficient (Wildman–Crippen LogP) is 1.39. The Morgan fingerprint density at radius 2 is 1.88 bits per heavy atom. The van der Waals surface area contributed by atoms with Gasteiger partial charge in [0.25, 0.3) is 0 Å². The maximum Gasteiger partial charge on any atom is 0.407 e. The van der Waals surface area contributed by atoms with Crippen molar-refractivity contribution in [2.24, 2.45) is 0 Å². The summed E-state index contributed by atoms with van der Waals surface area (Å²) in [5, 5.41) is 22.2. The lowest BCUT2D eigenvalue weighted by molar-refractivity contribution is 0.00481. The molecule has 0 bridgehead atoms. The van der Waals surface area contributed by atoms with Crippen molar-refractivity contribution in [3.05, 3.63) is 59.5 Å². The van der Waals surface area contributed by atoms with Crippen LogP contribution in [0.1, 0.15) is 28.0 Å². The van der Waals surface area contributed by atoms with Crippen molar-refractivity contribution in [3.8, 4) is 0 Å². The Kier molecular flexibility index (Phi) is 6.55. The van der Waals surface area contributed by atoms with Crippen LogP contribution in [0.15, 0.2) is 46.9 Å². The number of methoxy groups -OCH3 is 1. The zero-order valence-corrected chi connectivity index (χ0v) is 13.5. The Morgan fingerprint density at radius 3 is 2.56 bits per heavy atom. The van der Waals surface area contributed by atoms with Crippen molar-refractivity contribution >= 4 is 12.1 Å². The maximum absolute atomic E-state index is 11.6. The van der Waals surface area contributed by atoms with Crippen molar-refractivity contribution in [1.82, 2.24) is 5.32 Å². The van der Waals surface area contributed by atoms with E-state index >= 15 is 0 Å². The first kappa shape index (κ1) is 18.5. The van der Waals surface area contributed by atoms with E-state index in [0.29, 0.717) is 0 Å². The standard InChI is InChI=1S/C17H19NO7/c1-23-16(21)14-8-7-13(25-14)15(20)12(19)9-18-17(22)24-10-11-5-3-2-4-6-11/h2-8,12,15,19-20H,9-10H2,1H3,(H,18,22). The lowest BCUT2D eigenvalue weighted by Gasteiger charge is -2.16. The molecule has 2 rings (SSSR count). The van der Waals surface area contributed by atoms with Crippen LogP contribution in [0.3, 0.4) is 0 Å². The molecule has 1 aromatic carbocycles. The minimum Gasteiger partial charge on any atom is -0.463 e. The number of alkyl carbamates (subject to hydrolysis) is 1. The first-order chi connectivity index (χ1) is 12.0. The van der Waals surface area contributed by atoms with Gasteiger partial charge in [-0.2, -0.15) is 0 Å². The zero-order valence-electron chi connectivity index (χ0n) is 13.5. The molecule has 0 aliphatic heterocycles. The van der Waals surface area contributed by atoms with E-state index in [0.717, 1.165) is 5.56 Å². The molecule has 134 valence electrons. The van der Waals surface area contributed by atoms with E-state index in [4.69, 9.17) is 9.15 Å². The number of esters is 1. The number of rotatable bonds is 7. The molecule has 25 heavy (non-hydrogen) atoms. The van der Waals surface area contributed by atoms with E-state index in [2.05, 4.69) is 10.1 Å². The van der Waals surface area contributed by atoms with Gasteiger partial charge in [0, 0.05) is 6.54 Å². The van der Waals surface area contributed by atoms with Gasteiger partial charge in [0.1, 0.15) is 24.6 Å². The molecule has 1 aromatic heterocycles. The van der Waals surface area contributed by atoms with E-state index in [1.54, 1.807) is 0 Å². The number of hydrogen-bond acceptors (Lipinski definition) is 7. The van der Waals surface area contributed by atoms with Crippen LogP contribution in [0.4, 0.5) is 4.79 Å². The first-order valence-corrected chi connectivity index (χ1v) is 7.50. The lowest BCUT2D eigenvalue weighted by Crippen LogP contribution is -2.35. The molecule has 1 heterocycles. The SMILES string of the molecule is COC(=O)c1ccc(C(O)C(O)CNC(=O)OCc2ccccc2)o1. The number of carbonyl (C=O) groups excluding carboxylic acids is 2. The number of carbonyl (C=O) groups is 2. The number of benzene rings is 1. The van der Waals surface area contributed by atoms with E-state index in [9.17, 15) is 19.8 Å². The van der Waals surface area contributed by atoms with Crippen LogP contribution in [-0.4, -0.2) is 42.0 Å². The minimum absolute atomic E-state index is 0.0210. The minimum atomic E-state index is -1.42. The number of hydrogen-bond donors (Lipinski definition) is 3. The highest BCUT2D eigenvalue weighted by molar-refractivity contribution is 5.86. The molecule has 1 amide bonds. The second kappa shape index (κ2) is 8.86. The van der Waals surface area contributed by atoms with Gasteiger partial charge in [0.15, 0.2) is 0 Å². The summed E-state index contributed by atoms with van der Waals surface area (Å²) < 4.78 is 14.6. The van der Waals surface area contributed by atoms with Gasteiger partial charge in [-0.1, -0.05) is 30.3 Å². The number of furan rings is 1. The van der Waals surface area contributed by atoms with E-state index in [1.165, 1.54) is 19.2 Å². The Bertz CT molecular complexity index is 698. The molecule has 8 heteroatoms. The molecule has 0 aliphatic carbocycles. The molecule has 0 fully saturated rings. The molecule has 0 radical (unpaired) electrons. The largest absolute Gasteiger partial charge is 0.463 e. The average Bonchev–Trinajstić information content (AvgIpc) is 3.14. The summed E-state index contributed by atoms with van der Waals surface area (Å²) in [6.45, 7) is -0.172. The lowest BCUT2D eigenvalue weighted by atomic mass is 10.1. The van der Waals surface area contributed by atoms with E-state index < -0.39 is 24.3 Å². The molecule has 2 aromatic rings. The Hall–Kier alpha value is -2.84. The number of amides is 1. The van der Waals surface area contributed by atoms with Crippen LogP contribution in [0.2, 0.25) is 0 Å². The van der Waals surface area contributed by atoms with Gasteiger partial charge in [0.05, 0.1) is 7.11 Å². The third-order valence-corrected chi connectivity index (χ3v) is 3.34. The summed E-state index contributed by atoms with van der Waals surface area (Å²) >= 11 is 0. The fraction of sp³-hybridized carbons (Fsp3) is 0.294. The van der Waals surface area contributed by atoms with Crippen molar-refractivity contribution < 1.29 is 33.7 Å². The fourth-order valence-corrected chi connectivity index (χ4v) is 1.99. The van der Waals surface area contributed by atoms with Crippen LogP contribution < -0.4 is 5.32 Å². The highest BCUT2D eigenvalue weighted by atomic mass is 16.5. The predicted molar refractivity (Wildman–Crippen MR) is 85.6 cm³/mol. The molecule has 8 nitrogen and oxygen atoms in total. The normalized spacial score (nSPS) is 12.9. The molecular weight excluding hydrogens is 330 g/mol. The van der Waals surface area contributed by atoms with Gasteiger partial charge in [-0.3, -0.25) is 0 Å². The Labute approximate surface area is 144 Å². The van der Waals surface area contributed by atoms with Crippen LogP contribution in [0.5, 0.6) is 0 Å². The number of nitrogens with one attached hydrogen (secondary N) is 1. The molecule has 0 aliphatic rings. The first-order valence-electron chi connectivity index (χ1n) is 7.50. The fourth-order valence-electron chi connectivity index (χ4n) is 1.99. The Balaban J connectivity index is 1.78. The summed E-state index contributed by atoms with van der Waals surface area (Å²) in [5.41, 5.74) is 0.823. The highest BCUT2D eigenvalue weighted by Crippen LogP contribution is 2.20. The second-order valence-corrected chi connectivity index (χ2v) is 5.15. The van der Waals surface area contributed by atoms with Crippen LogP contribution in [0, 0.1) is 0 Å². The average molecular weight is 349 g/mol. The zero-order chi connectivity index (χ0) is 18.2. The molecule has 2 unspecified atom stereocenters. The summed E-state index contributed by atoms with van der Waals surface area (Å²) in [4.78, 5) is 22.9. The number of aliphatic hydroxyl groups is 2. The summed E-state index contributed by atoms with van der Waals surface area (Å²) in [6.07, 6.45) is -3.50. The molecule has 3 N–H and O–H groups in total. The molecule has 0 spiro atoms. The maximum atomic E-state index is 11.6. The van der Waals surface area contributed by atoms with E-state index in [1.807, 2.05) is 30.3 Å². The molecule has 0 saturated carbocycles. The van der Waals surface area contributed by atoms with Crippen molar-refractivity contribution in [2.45, 2.75) is 18.8 Å². The molecular formula is C17H19NO7. The second-order valence-electron chi connectivity index (χ2n) is 5.15. The van der Waals surface area contributed by atoms with Crippen LogP contribution in [0.25, 0.3) is 0 Å². The third kappa shape index (κ3) is 5.33. The summed E-state index contributed by atoms with van der Waals surface area (Å²) in [6, 6.07) is 11.8. The summed E-state index contributed by atoms with van der Waals surface area (Å²) in [5.74, 6) is -0.818. The van der Waals surface area contributed by atoms with Gasteiger partial charge < -0.3 is 29.4 Å². The Morgan fingerprint density at radius 1 is 1.16 bits per heavy atom. The smallest absolute Gasteiger partial charge is 0.407 e. The van der Waals surface area contributed by atoms with Gasteiger partial charge in [-0.05, 0) is 17.7 Å². The van der Waals surface area contributed by atoms with Crippen molar-refractivity contribution in [3.63, 3.8) is 0 Å². The van der Waals surface area contributed by atoms with Gasteiger partial charge in [-0.15, -0.1) is 0 Å². The number of aliphatic hydroxyl groups excluding tert-OH is 2. The quantitative estimate of drug-likeness (QED) is 0.646. The van der Waals surface area contributed by atoms with E-state index in [-0.39, 0.29) is 24.7 Å². The molecule has 0 saturated heterocycles. The van der Waals surface area contributed by atoms with Gasteiger partial charge in [-0.25, -0.2) is 9.59 Å². The topological polar surface area (TPSA) is 118 Å². The van der Waals surface area contributed by atoms with Crippen LogP contribution >= 0.6 is 0 Å². The monoisotopic (exact) mass is 349 g/mol. The molecule has 2 atom stereocenters. The van der Waals surface area contributed by atoms with Crippen molar-refractivity contribution in [2.75, 3.05) is 13.7 Å².